The first-order chi connectivity index (χ1) is 10.2. The largest absolute Gasteiger partial charge is 0.462 e. The summed E-state index contributed by atoms with van der Waals surface area (Å²) >= 11 is 3.44. The van der Waals surface area contributed by atoms with Gasteiger partial charge in [0, 0.05) is 16.7 Å². The number of rotatable bonds is 4. The lowest BCUT2D eigenvalue weighted by molar-refractivity contribution is 0.190. The van der Waals surface area contributed by atoms with E-state index in [1.165, 1.54) is 0 Å². The van der Waals surface area contributed by atoms with Crippen LogP contribution in [0.15, 0.2) is 34.9 Å². The molecule has 0 bridgehead atoms. The van der Waals surface area contributed by atoms with E-state index in [4.69, 9.17) is 15.6 Å². The van der Waals surface area contributed by atoms with Crippen LogP contribution in [0.1, 0.15) is 0 Å². The van der Waals surface area contributed by atoms with Crippen LogP contribution < -0.4 is 10.5 Å². The molecule has 108 valence electrons. The summed E-state index contributed by atoms with van der Waals surface area (Å²) < 4.78 is 8.13. The zero-order chi connectivity index (χ0) is 14.8. The van der Waals surface area contributed by atoms with E-state index in [2.05, 4.69) is 30.9 Å². The Kier molecular flexibility index (Phi) is 3.72. The summed E-state index contributed by atoms with van der Waals surface area (Å²) in [4.78, 5) is 12.5. The third kappa shape index (κ3) is 2.67. The number of benzene rings is 1. The molecule has 0 saturated carbocycles. The maximum Gasteiger partial charge on any atom is 0.303 e. The molecule has 0 atom stereocenters. The maximum absolute atomic E-state index is 8.94. The molecular formula is C13H12BrN5O2. The van der Waals surface area contributed by atoms with Crippen LogP contribution in [-0.2, 0) is 0 Å². The van der Waals surface area contributed by atoms with E-state index in [0.717, 1.165) is 15.5 Å². The minimum absolute atomic E-state index is 0.0984. The Morgan fingerprint density at radius 1 is 1.29 bits per heavy atom. The number of nitrogens with two attached hydrogens (primary N) is 1. The smallest absolute Gasteiger partial charge is 0.303 e. The molecule has 7 nitrogen and oxygen atoms in total. The molecule has 0 saturated heterocycles. The van der Waals surface area contributed by atoms with Gasteiger partial charge in [-0.25, -0.2) is 9.55 Å². The lowest BCUT2D eigenvalue weighted by Crippen LogP contribution is -2.08. The maximum atomic E-state index is 8.94. The van der Waals surface area contributed by atoms with Crippen molar-refractivity contribution in [1.29, 1.82) is 0 Å². The predicted octanol–water partition coefficient (Wildman–Crippen LogP) is 1.53. The third-order valence-electron chi connectivity index (χ3n) is 2.80. The van der Waals surface area contributed by atoms with Gasteiger partial charge in [-0.3, -0.25) is 0 Å². The summed E-state index contributed by atoms with van der Waals surface area (Å²) in [5.74, 6) is 0.716. The van der Waals surface area contributed by atoms with Gasteiger partial charge < -0.3 is 15.6 Å². The molecule has 1 aromatic carbocycles. The van der Waals surface area contributed by atoms with Gasteiger partial charge in [-0.2, -0.15) is 9.97 Å². The molecule has 0 amide bonds. The van der Waals surface area contributed by atoms with Crippen LogP contribution in [0.5, 0.6) is 6.01 Å². The topological polar surface area (TPSA) is 99.1 Å². The van der Waals surface area contributed by atoms with Gasteiger partial charge in [0.1, 0.15) is 12.4 Å². The van der Waals surface area contributed by atoms with Crippen LogP contribution in [0, 0.1) is 0 Å². The highest BCUT2D eigenvalue weighted by molar-refractivity contribution is 9.10. The van der Waals surface area contributed by atoms with Crippen LogP contribution >= 0.6 is 15.9 Å². The zero-order valence-corrected chi connectivity index (χ0v) is 12.5. The van der Waals surface area contributed by atoms with Crippen LogP contribution in [0.4, 0.5) is 5.95 Å². The molecule has 8 heteroatoms. The van der Waals surface area contributed by atoms with Crippen LogP contribution in [-0.4, -0.2) is 37.8 Å². The van der Waals surface area contributed by atoms with Crippen LogP contribution in [0.3, 0.4) is 0 Å². The fourth-order valence-corrected chi connectivity index (χ4v) is 2.32. The first-order valence-electron chi connectivity index (χ1n) is 6.19. The Morgan fingerprint density at radius 2 is 2.14 bits per heavy atom. The average molecular weight is 350 g/mol. The van der Waals surface area contributed by atoms with Crippen molar-refractivity contribution in [2.75, 3.05) is 18.9 Å². The molecule has 3 aromatic rings. The molecule has 21 heavy (non-hydrogen) atoms. The highest BCUT2D eigenvalue weighted by atomic mass is 79.9. The number of hydrogen-bond donors (Lipinski definition) is 2. The number of imidazole rings is 1. The van der Waals surface area contributed by atoms with Crippen molar-refractivity contribution in [3.63, 3.8) is 0 Å². The Hall–Kier alpha value is -2.19. The Labute approximate surface area is 128 Å². The summed E-state index contributed by atoms with van der Waals surface area (Å²) in [7, 11) is 0. The minimum atomic E-state index is -0.0984. The Bertz CT molecular complexity index is 789. The molecule has 0 aliphatic heterocycles. The number of fused-ring (bicyclic) bond motifs is 1. The van der Waals surface area contributed by atoms with Gasteiger partial charge in [-0.1, -0.05) is 15.9 Å². The van der Waals surface area contributed by atoms with Crippen molar-refractivity contribution in [3.8, 4) is 11.8 Å². The zero-order valence-electron chi connectivity index (χ0n) is 10.9. The van der Waals surface area contributed by atoms with E-state index in [9.17, 15) is 0 Å². The van der Waals surface area contributed by atoms with E-state index < -0.39 is 0 Å². The molecule has 3 rings (SSSR count). The second-order valence-electron chi connectivity index (χ2n) is 4.21. The number of halogens is 1. The summed E-state index contributed by atoms with van der Waals surface area (Å²) in [6.45, 7) is 0.0455. The minimum Gasteiger partial charge on any atom is -0.462 e. The highest BCUT2D eigenvalue weighted by Gasteiger charge is 2.15. The van der Waals surface area contributed by atoms with Crippen molar-refractivity contribution in [2.45, 2.75) is 0 Å². The van der Waals surface area contributed by atoms with E-state index in [0.29, 0.717) is 11.8 Å². The average Bonchev–Trinajstić information content (AvgIpc) is 2.82. The number of nitrogens with zero attached hydrogens (tertiary/aromatic N) is 4. The number of hydrogen-bond acceptors (Lipinski definition) is 6. The van der Waals surface area contributed by atoms with Gasteiger partial charge >= 0.3 is 6.01 Å². The molecule has 0 unspecified atom stereocenters. The van der Waals surface area contributed by atoms with Gasteiger partial charge in [-0.15, -0.1) is 0 Å². The number of aromatic nitrogens is 4. The third-order valence-corrected chi connectivity index (χ3v) is 3.29. The molecule has 2 aromatic heterocycles. The van der Waals surface area contributed by atoms with Gasteiger partial charge in [0.05, 0.1) is 17.6 Å². The lowest BCUT2D eigenvalue weighted by Gasteiger charge is -2.08. The van der Waals surface area contributed by atoms with Gasteiger partial charge in [0.15, 0.2) is 0 Å². The summed E-state index contributed by atoms with van der Waals surface area (Å²) in [6, 6.07) is 7.72. The second-order valence-corrected chi connectivity index (χ2v) is 5.12. The molecule has 0 radical (unpaired) electrons. The molecule has 0 fully saturated rings. The fourth-order valence-electron chi connectivity index (χ4n) is 1.97. The van der Waals surface area contributed by atoms with Crippen molar-refractivity contribution >= 4 is 32.9 Å². The number of anilines is 1. The number of ether oxygens (including phenoxy) is 1. The Morgan fingerprint density at radius 3 is 2.90 bits per heavy atom. The normalized spacial score (nSPS) is 11.0. The quantitative estimate of drug-likeness (QED) is 0.740. The molecule has 2 heterocycles. The van der Waals surface area contributed by atoms with Crippen molar-refractivity contribution < 1.29 is 9.84 Å². The molecule has 0 spiro atoms. The predicted molar refractivity (Wildman–Crippen MR) is 81.4 cm³/mol. The van der Waals surface area contributed by atoms with Gasteiger partial charge in [-0.05, 0) is 18.2 Å². The van der Waals surface area contributed by atoms with Gasteiger partial charge in [0.25, 0.3) is 0 Å². The standard InChI is InChI=1S/C13H12BrN5O2/c14-8-1-2-9-10(7-8)19(13(17-9)21-6-5-20)11-3-4-16-12(15)18-11/h1-4,7,20H,5-6H2,(H2,15,16,18). The van der Waals surface area contributed by atoms with E-state index in [-0.39, 0.29) is 19.2 Å². The SMILES string of the molecule is Nc1nccc(-n2c(OCCO)nc3ccc(Br)cc32)n1. The number of aliphatic hydroxyl groups excluding tert-OH is 1. The first kappa shape index (κ1) is 13.8. The molecular weight excluding hydrogens is 338 g/mol. The van der Waals surface area contributed by atoms with Crippen LogP contribution in [0.2, 0.25) is 0 Å². The van der Waals surface area contributed by atoms with Gasteiger partial charge in [0.2, 0.25) is 5.95 Å². The molecule has 0 aliphatic carbocycles. The van der Waals surface area contributed by atoms with Crippen molar-refractivity contribution in [1.82, 2.24) is 19.5 Å². The van der Waals surface area contributed by atoms with Crippen molar-refractivity contribution in [2.24, 2.45) is 0 Å². The monoisotopic (exact) mass is 349 g/mol. The molecule has 0 aliphatic rings. The first-order valence-corrected chi connectivity index (χ1v) is 6.99. The summed E-state index contributed by atoms with van der Waals surface area (Å²) in [6.07, 6.45) is 1.57. The second kappa shape index (κ2) is 5.66. The molecule has 3 N–H and O–H groups in total. The highest BCUT2D eigenvalue weighted by Crippen LogP contribution is 2.27. The van der Waals surface area contributed by atoms with Crippen LogP contribution in [0.25, 0.3) is 16.9 Å². The lowest BCUT2D eigenvalue weighted by atomic mass is 10.3. The fraction of sp³-hybridized carbons (Fsp3) is 0.154. The van der Waals surface area contributed by atoms with Crippen molar-refractivity contribution in [3.05, 3.63) is 34.9 Å². The van der Waals surface area contributed by atoms with E-state index >= 15 is 0 Å². The number of aliphatic hydroxyl groups is 1. The van der Waals surface area contributed by atoms with E-state index in [1.807, 2.05) is 18.2 Å². The van der Waals surface area contributed by atoms with E-state index in [1.54, 1.807) is 16.8 Å². The Balaban J connectivity index is 2.23. The summed E-state index contributed by atoms with van der Waals surface area (Å²) in [5, 5.41) is 8.94. The number of nitrogen functional groups attached to an aromatic ring is 1. The summed E-state index contributed by atoms with van der Waals surface area (Å²) in [5.41, 5.74) is 7.21.